The average Bonchev–Trinajstić information content (AvgIpc) is 3.10. The van der Waals surface area contributed by atoms with Crippen molar-refractivity contribution in [3.05, 3.63) is 95.3 Å². The van der Waals surface area contributed by atoms with Crippen molar-refractivity contribution in [1.82, 2.24) is 5.32 Å². The number of halogens is 1. The van der Waals surface area contributed by atoms with Crippen molar-refractivity contribution in [3.63, 3.8) is 0 Å². The van der Waals surface area contributed by atoms with Crippen molar-refractivity contribution in [2.24, 2.45) is 0 Å². The standard InChI is InChI=1S/C25H22FNO3/c1-29-23-14-6-8-17(24(23)26)9-7-15-27-25(28)30-16-22-20-12-4-2-10-18(20)19-11-3-5-13-21(19)22/h2-14,22H,15-16H2,1H3,(H,27,28). The summed E-state index contributed by atoms with van der Waals surface area (Å²) in [6.45, 7) is 0.488. The Kier molecular flexibility index (Phi) is 5.80. The minimum atomic E-state index is -0.507. The first-order valence-corrected chi connectivity index (χ1v) is 9.77. The quantitative estimate of drug-likeness (QED) is 0.601. The van der Waals surface area contributed by atoms with Crippen LogP contribution in [-0.4, -0.2) is 26.4 Å². The summed E-state index contributed by atoms with van der Waals surface area (Å²) in [6.07, 6.45) is 2.76. The van der Waals surface area contributed by atoms with Crippen molar-refractivity contribution in [2.45, 2.75) is 5.92 Å². The van der Waals surface area contributed by atoms with E-state index in [0.717, 1.165) is 0 Å². The first kappa shape index (κ1) is 19.7. The molecule has 1 N–H and O–H groups in total. The highest BCUT2D eigenvalue weighted by atomic mass is 19.1. The number of methoxy groups -OCH3 is 1. The molecule has 0 saturated heterocycles. The summed E-state index contributed by atoms with van der Waals surface area (Å²) in [4.78, 5) is 12.1. The fourth-order valence-corrected chi connectivity index (χ4v) is 3.79. The minimum Gasteiger partial charge on any atom is -0.494 e. The molecular weight excluding hydrogens is 381 g/mol. The third-order valence-corrected chi connectivity index (χ3v) is 5.22. The SMILES string of the molecule is COc1cccc(C=CCNC(=O)OCC2c3ccccc3-c3ccccc32)c1F. The molecule has 0 aliphatic heterocycles. The Hall–Kier alpha value is -3.60. The molecule has 0 bridgehead atoms. The summed E-state index contributed by atoms with van der Waals surface area (Å²) in [5, 5.41) is 2.67. The third-order valence-electron chi connectivity index (χ3n) is 5.22. The van der Waals surface area contributed by atoms with Gasteiger partial charge in [-0.3, -0.25) is 0 Å². The van der Waals surface area contributed by atoms with Gasteiger partial charge in [-0.25, -0.2) is 9.18 Å². The summed E-state index contributed by atoms with van der Waals surface area (Å²) in [6, 6.07) is 21.3. The topological polar surface area (TPSA) is 47.6 Å². The molecule has 30 heavy (non-hydrogen) atoms. The lowest BCUT2D eigenvalue weighted by atomic mass is 9.98. The molecule has 1 aliphatic carbocycles. The highest BCUT2D eigenvalue weighted by Gasteiger charge is 2.28. The predicted octanol–water partition coefficient (Wildman–Crippen LogP) is 5.39. The molecule has 4 nitrogen and oxygen atoms in total. The summed E-state index contributed by atoms with van der Waals surface area (Å²) in [5.74, 6) is -0.233. The summed E-state index contributed by atoms with van der Waals surface area (Å²) >= 11 is 0. The van der Waals surface area contributed by atoms with Gasteiger partial charge in [0, 0.05) is 18.0 Å². The Bertz CT molecular complexity index is 1050. The molecule has 0 fully saturated rings. The van der Waals surface area contributed by atoms with E-state index in [1.165, 1.54) is 29.4 Å². The Morgan fingerprint density at radius 3 is 2.33 bits per heavy atom. The molecule has 1 amide bonds. The fraction of sp³-hybridized carbons (Fsp3) is 0.160. The van der Waals surface area contributed by atoms with Crippen LogP contribution in [0.3, 0.4) is 0 Å². The van der Waals surface area contributed by atoms with E-state index in [1.54, 1.807) is 30.4 Å². The molecule has 0 aromatic heterocycles. The second-order valence-corrected chi connectivity index (χ2v) is 6.97. The predicted molar refractivity (Wildman–Crippen MR) is 115 cm³/mol. The van der Waals surface area contributed by atoms with Gasteiger partial charge in [-0.2, -0.15) is 0 Å². The van der Waals surface area contributed by atoms with Crippen LogP contribution in [0.5, 0.6) is 5.75 Å². The molecule has 0 spiro atoms. The maximum atomic E-state index is 14.1. The molecule has 5 heteroatoms. The van der Waals surface area contributed by atoms with Crippen molar-refractivity contribution >= 4 is 12.2 Å². The molecule has 4 rings (SSSR count). The van der Waals surface area contributed by atoms with Crippen LogP contribution in [-0.2, 0) is 4.74 Å². The Morgan fingerprint density at radius 2 is 1.67 bits per heavy atom. The molecule has 1 aliphatic rings. The van der Waals surface area contributed by atoms with Gasteiger partial charge in [-0.05, 0) is 28.3 Å². The molecule has 0 saturated carbocycles. The van der Waals surface area contributed by atoms with Gasteiger partial charge in [0.2, 0.25) is 0 Å². The number of alkyl carbamates (subject to hydrolysis) is 1. The number of benzene rings is 3. The smallest absolute Gasteiger partial charge is 0.407 e. The minimum absolute atomic E-state index is 0.0181. The lowest BCUT2D eigenvalue weighted by Crippen LogP contribution is -2.26. The second-order valence-electron chi connectivity index (χ2n) is 6.97. The van der Waals surface area contributed by atoms with Crippen molar-refractivity contribution < 1.29 is 18.7 Å². The average molecular weight is 403 g/mol. The van der Waals surface area contributed by atoms with E-state index in [2.05, 4.69) is 29.6 Å². The second kappa shape index (κ2) is 8.82. The first-order chi connectivity index (χ1) is 14.7. The molecule has 0 heterocycles. The van der Waals surface area contributed by atoms with Crippen LogP contribution in [0.15, 0.2) is 72.8 Å². The molecule has 0 unspecified atom stereocenters. The summed E-state index contributed by atoms with van der Waals surface area (Å²) in [5.41, 5.74) is 5.10. The molecule has 152 valence electrons. The van der Waals surface area contributed by atoms with Gasteiger partial charge in [0.05, 0.1) is 7.11 Å². The number of rotatable bonds is 6. The largest absolute Gasteiger partial charge is 0.494 e. The monoisotopic (exact) mass is 403 g/mol. The third kappa shape index (κ3) is 3.92. The van der Waals surface area contributed by atoms with Crippen LogP contribution < -0.4 is 10.1 Å². The molecule has 0 atom stereocenters. The van der Waals surface area contributed by atoms with Gasteiger partial charge < -0.3 is 14.8 Å². The van der Waals surface area contributed by atoms with E-state index in [9.17, 15) is 9.18 Å². The van der Waals surface area contributed by atoms with Gasteiger partial charge in [0.1, 0.15) is 6.61 Å². The number of carbonyl (C=O) groups excluding carboxylic acids is 1. The van der Waals surface area contributed by atoms with E-state index >= 15 is 0 Å². The van der Waals surface area contributed by atoms with Gasteiger partial charge in [-0.1, -0.05) is 72.8 Å². The van der Waals surface area contributed by atoms with Crippen LogP contribution in [0.2, 0.25) is 0 Å². The van der Waals surface area contributed by atoms with E-state index in [4.69, 9.17) is 9.47 Å². The normalized spacial score (nSPS) is 12.5. The van der Waals surface area contributed by atoms with E-state index in [1.807, 2.05) is 24.3 Å². The molecule has 3 aromatic carbocycles. The highest BCUT2D eigenvalue weighted by Crippen LogP contribution is 2.44. The maximum Gasteiger partial charge on any atom is 0.407 e. The van der Waals surface area contributed by atoms with Gasteiger partial charge in [-0.15, -0.1) is 0 Å². The first-order valence-electron chi connectivity index (χ1n) is 9.77. The van der Waals surface area contributed by atoms with Gasteiger partial charge >= 0.3 is 6.09 Å². The zero-order valence-electron chi connectivity index (χ0n) is 16.6. The number of nitrogens with one attached hydrogen (secondary N) is 1. The number of hydrogen-bond acceptors (Lipinski definition) is 3. The molecule has 0 radical (unpaired) electrons. The zero-order chi connectivity index (χ0) is 20.9. The molecular formula is C25H22FNO3. The van der Waals surface area contributed by atoms with E-state index < -0.39 is 11.9 Å². The molecule has 3 aromatic rings. The Morgan fingerprint density at radius 1 is 1.00 bits per heavy atom. The van der Waals surface area contributed by atoms with Crippen LogP contribution in [0.4, 0.5) is 9.18 Å². The number of amides is 1. The Labute approximate surface area is 175 Å². The van der Waals surface area contributed by atoms with Crippen LogP contribution >= 0.6 is 0 Å². The lowest BCUT2D eigenvalue weighted by Gasteiger charge is -2.14. The Balaban J connectivity index is 1.34. The summed E-state index contributed by atoms with van der Waals surface area (Å²) in [7, 11) is 1.42. The van der Waals surface area contributed by atoms with E-state index in [0.29, 0.717) is 5.56 Å². The van der Waals surface area contributed by atoms with E-state index in [-0.39, 0.29) is 24.8 Å². The van der Waals surface area contributed by atoms with Crippen LogP contribution in [0.25, 0.3) is 17.2 Å². The van der Waals surface area contributed by atoms with Crippen LogP contribution in [0, 0.1) is 5.82 Å². The van der Waals surface area contributed by atoms with Crippen molar-refractivity contribution in [1.29, 1.82) is 0 Å². The lowest BCUT2D eigenvalue weighted by molar-refractivity contribution is 0.144. The number of ether oxygens (including phenoxy) is 2. The number of hydrogen-bond donors (Lipinski definition) is 1. The number of fused-ring (bicyclic) bond motifs is 3. The van der Waals surface area contributed by atoms with Crippen molar-refractivity contribution in [3.8, 4) is 16.9 Å². The number of carbonyl (C=O) groups is 1. The fourth-order valence-electron chi connectivity index (χ4n) is 3.79. The highest BCUT2D eigenvalue weighted by molar-refractivity contribution is 5.79. The van der Waals surface area contributed by atoms with Gasteiger partial charge in [0.15, 0.2) is 11.6 Å². The van der Waals surface area contributed by atoms with Crippen LogP contribution in [0.1, 0.15) is 22.6 Å². The summed E-state index contributed by atoms with van der Waals surface area (Å²) < 4.78 is 24.5. The maximum absolute atomic E-state index is 14.1. The zero-order valence-corrected chi connectivity index (χ0v) is 16.6. The van der Waals surface area contributed by atoms with Crippen molar-refractivity contribution in [2.75, 3.05) is 20.3 Å². The van der Waals surface area contributed by atoms with Gasteiger partial charge in [0.25, 0.3) is 0 Å².